The molecular weight excluding hydrogens is 326 g/mol. The van der Waals surface area contributed by atoms with Gasteiger partial charge in [0.05, 0.1) is 11.6 Å². The number of Topliss-reactive ketones (excluding diaryl/α,β-unsaturated/α-hetero) is 1. The third-order valence-electron chi connectivity index (χ3n) is 4.53. The molecule has 3 rings (SSSR count). The lowest BCUT2D eigenvalue weighted by molar-refractivity contribution is -0.123. The molecule has 0 saturated heterocycles. The van der Waals surface area contributed by atoms with Crippen molar-refractivity contribution in [2.24, 2.45) is 5.41 Å². The Kier molecular flexibility index (Phi) is 4.45. The minimum absolute atomic E-state index is 0.162. The van der Waals surface area contributed by atoms with Crippen molar-refractivity contribution in [2.75, 3.05) is 4.90 Å². The Morgan fingerprint density at radius 1 is 1.04 bits per heavy atom. The molecule has 1 amide bonds. The van der Waals surface area contributed by atoms with Crippen LogP contribution in [0.4, 0.5) is 5.69 Å². The van der Waals surface area contributed by atoms with Crippen LogP contribution < -0.4 is 4.90 Å². The molecule has 4 nitrogen and oxygen atoms in total. The molecule has 2 aromatic carbocycles. The predicted octanol–water partition coefficient (Wildman–Crippen LogP) is 4.51. The normalized spacial score (nSPS) is 17.8. The first-order valence-electron chi connectivity index (χ1n) is 8.65. The number of amides is 1. The van der Waals surface area contributed by atoms with Crippen molar-refractivity contribution < 1.29 is 14.7 Å². The number of aliphatic hydroxyl groups is 1. The van der Waals surface area contributed by atoms with Crippen LogP contribution in [0.1, 0.15) is 37.9 Å². The molecule has 1 unspecified atom stereocenters. The minimum Gasteiger partial charge on any atom is -0.503 e. The van der Waals surface area contributed by atoms with Crippen LogP contribution in [0.5, 0.6) is 0 Å². The molecule has 1 aliphatic rings. The number of hydrogen-bond acceptors (Lipinski definition) is 3. The Morgan fingerprint density at radius 2 is 1.69 bits per heavy atom. The van der Waals surface area contributed by atoms with Crippen LogP contribution in [-0.4, -0.2) is 16.8 Å². The Morgan fingerprint density at radius 3 is 2.27 bits per heavy atom. The van der Waals surface area contributed by atoms with Gasteiger partial charge in [-0.25, -0.2) is 0 Å². The van der Waals surface area contributed by atoms with Gasteiger partial charge in [0, 0.05) is 11.1 Å². The summed E-state index contributed by atoms with van der Waals surface area (Å²) in [4.78, 5) is 27.5. The van der Waals surface area contributed by atoms with E-state index < -0.39 is 23.1 Å². The largest absolute Gasteiger partial charge is 0.503 e. The number of benzene rings is 2. The van der Waals surface area contributed by atoms with Crippen molar-refractivity contribution in [1.29, 1.82) is 0 Å². The topological polar surface area (TPSA) is 57.6 Å². The summed E-state index contributed by atoms with van der Waals surface area (Å²) < 4.78 is 0. The first-order chi connectivity index (χ1) is 12.2. The van der Waals surface area contributed by atoms with Gasteiger partial charge >= 0.3 is 0 Å². The number of aryl methyl sites for hydroxylation is 1. The van der Waals surface area contributed by atoms with E-state index >= 15 is 0 Å². The molecule has 2 aromatic rings. The van der Waals surface area contributed by atoms with E-state index in [1.54, 1.807) is 20.8 Å². The highest BCUT2D eigenvalue weighted by molar-refractivity contribution is 6.17. The van der Waals surface area contributed by atoms with E-state index in [4.69, 9.17) is 0 Å². The van der Waals surface area contributed by atoms with Crippen LogP contribution >= 0.6 is 0 Å². The summed E-state index contributed by atoms with van der Waals surface area (Å²) in [6, 6.07) is 16.2. The molecule has 134 valence electrons. The highest BCUT2D eigenvalue weighted by atomic mass is 16.3. The second kappa shape index (κ2) is 6.45. The quantitative estimate of drug-likeness (QED) is 0.887. The van der Waals surface area contributed by atoms with Gasteiger partial charge in [-0.2, -0.15) is 0 Å². The van der Waals surface area contributed by atoms with Crippen LogP contribution in [0.2, 0.25) is 0 Å². The Bertz CT molecular complexity index is 891. The third kappa shape index (κ3) is 3.03. The summed E-state index contributed by atoms with van der Waals surface area (Å²) in [7, 11) is 0. The number of nitrogens with zero attached hydrogens (tertiary/aromatic N) is 1. The summed E-state index contributed by atoms with van der Waals surface area (Å²) in [6.45, 7) is 7.31. The number of rotatable bonds is 3. The molecule has 0 aromatic heterocycles. The van der Waals surface area contributed by atoms with Crippen molar-refractivity contribution in [3.63, 3.8) is 0 Å². The molecule has 1 heterocycles. The lowest BCUT2D eigenvalue weighted by atomic mass is 9.82. The van der Waals surface area contributed by atoms with Gasteiger partial charge in [0.1, 0.15) is 0 Å². The number of aliphatic hydroxyl groups excluding tert-OH is 1. The number of anilines is 1. The van der Waals surface area contributed by atoms with Gasteiger partial charge in [-0.05, 0) is 30.2 Å². The van der Waals surface area contributed by atoms with E-state index in [0.717, 1.165) is 11.1 Å². The fourth-order valence-corrected chi connectivity index (χ4v) is 3.24. The molecule has 1 N–H and O–H groups in total. The van der Waals surface area contributed by atoms with Gasteiger partial charge in [0.25, 0.3) is 5.91 Å². The van der Waals surface area contributed by atoms with E-state index in [2.05, 4.69) is 0 Å². The maximum absolute atomic E-state index is 13.1. The van der Waals surface area contributed by atoms with Crippen molar-refractivity contribution in [2.45, 2.75) is 33.7 Å². The molecule has 0 fully saturated rings. The lowest BCUT2D eigenvalue weighted by Gasteiger charge is -2.29. The third-order valence-corrected chi connectivity index (χ3v) is 4.53. The van der Waals surface area contributed by atoms with E-state index in [0.29, 0.717) is 5.69 Å². The highest BCUT2D eigenvalue weighted by Crippen LogP contribution is 2.43. The molecule has 0 saturated carbocycles. The van der Waals surface area contributed by atoms with Crippen molar-refractivity contribution in [3.05, 3.63) is 77.1 Å². The van der Waals surface area contributed by atoms with Crippen LogP contribution in [0.3, 0.4) is 0 Å². The van der Waals surface area contributed by atoms with E-state index in [1.807, 2.05) is 61.5 Å². The van der Waals surface area contributed by atoms with Crippen LogP contribution in [-0.2, 0) is 9.59 Å². The molecule has 0 aliphatic carbocycles. The second-order valence-electron chi connectivity index (χ2n) is 7.67. The first kappa shape index (κ1) is 17.9. The number of carbonyl (C=O) groups excluding carboxylic acids is 2. The fourth-order valence-electron chi connectivity index (χ4n) is 3.24. The summed E-state index contributed by atoms with van der Waals surface area (Å²) in [6.07, 6.45) is 0. The number of ketones is 1. The van der Waals surface area contributed by atoms with E-state index in [9.17, 15) is 14.7 Å². The first-order valence-corrected chi connectivity index (χ1v) is 8.65. The molecule has 0 bridgehead atoms. The Labute approximate surface area is 153 Å². The second-order valence-corrected chi connectivity index (χ2v) is 7.67. The molecule has 0 radical (unpaired) electrons. The van der Waals surface area contributed by atoms with Crippen molar-refractivity contribution >= 4 is 17.4 Å². The maximum Gasteiger partial charge on any atom is 0.294 e. The molecule has 26 heavy (non-hydrogen) atoms. The van der Waals surface area contributed by atoms with Gasteiger partial charge in [-0.1, -0.05) is 63.2 Å². The average Bonchev–Trinajstić information content (AvgIpc) is 2.85. The smallest absolute Gasteiger partial charge is 0.294 e. The zero-order valence-corrected chi connectivity index (χ0v) is 15.5. The van der Waals surface area contributed by atoms with Gasteiger partial charge in [0.2, 0.25) is 0 Å². The average molecular weight is 349 g/mol. The number of carbonyl (C=O) groups is 2. The van der Waals surface area contributed by atoms with E-state index in [1.165, 1.54) is 4.90 Å². The van der Waals surface area contributed by atoms with Gasteiger partial charge in [0.15, 0.2) is 11.5 Å². The van der Waals surface area contributed by atoms with Gasteiger partial charge in [-0.15, -0.1) is 0 Å². The van der Waals surface area contributed by atoms with Crippen LogP contribution in [0, 0.1) is 12.3 Å². The summed E-state index contributed by atoms with van der Waals surface area (Å²) in [5, 5.41) is 10.6. The lowest BCUT2D eigenvalue weighted by Crippen LogP contribution is -2.32. The van der Waals surface area contributed by atoms with Gasteiger partial charge in [-0.3, -0.25) is 14.5 Å². The molecule has 1 aliphatic heterocycles. The SMILES string of the molecule is Cc1cccc(N2C(=O)C(O)=C(C(=O)C(C)(C)C)C2c2ccccc2)c1. The zero-order valence-electron chi connectivity index (χ0n) is 15.5. The summed E-state index contributed by atoms with van der Waals surface area (Å²) in [5.41, 5.74) is 1.90. The highest BCUT2D eigenvalue weighted by Gasteiger charge is 2.46. The predicted molar refractivity (Wildman–Crippen MR) is 102 cm³/mol. The Balaban J connectivity index is 2.21. The van der Waals surface area contributed by atoms with Crippen molar-refractivity contribution in [1.82, 2.24) is 0 Å². The van der Waals surface area contributed by atoms with E-state index in [-0.39, 0.29) is 11.4 Å². The molecular formula is C22H23NO3. The molecule has 4 heteroatoms. The van der Waals surface area contributed by atoms with Gasteiger partial charge < -0.3 is 5.11 Å². The monoisotopic (exact) mass is 349 g/mol. The summed E-state index contributed by atoms with van der Waals surface area (Å²) in [5.74, 6) is -1.23. The van der Waals surface area contributed by atoms with Crippen LogP contribution in [0.25, 0.3) is 0 Å². The Hall–Kier alpha value is -2.88. The number of hydrogen-bond donors (Lipinski definition) is 1. The zero-order chi connectivity index (χ0) is 19.1. The maximum atomic E-state index is 13.1. The van der Waals surface area contributed by atoms with Crippen LogP contribution in [0.15, 0.2) is 65.9 Å². The fraction of sp³-hybridized carbons (Fsp3) is 0.273. The molecule has 0 spiro atoms. The van der Waals surface area contributed by atoms with Crippen molar-refractivity contribution in [3.8, 4) is 0 Å². The standard InChI is InChI=1S/C22H23NO3/c1-14-9-8-12-16(13-14)23-18(15-10-6-5-7-11-15)17(19(24)21(23)26)20(25)22(2,3)4/h5-13,18,24H,1-4H3. The minimum atomic E-state index is -0.709. The summed E-state index contributed by atoms with van der Waals surface area (Å²) >= 11 is 0. The molecule has 1 atom stereocenters.